The zero-order chi connectivity index (χ0) is 26.7. The van der Waals surface area contributed by atoms with Crippen molar-refractivity contribution in [3.63, 3.8) is 0 Å². The van der Waals surface area contributed by atoms with Crippen LogP contribution in [0.25, 0.3) is 0 Å². The van der Waals surface area contributed by atoms with Gasteiger partial charge in [-0.1, -0.05) is 26.7 Å². The van der Waals surface area contributed by atoms with Crippen LogP contribution in [0.4, 0.5) is 5.69 Å². The van der Waals surface area contributed by atoms with Gasteiger partial charge in [-0.25, -0.2) is 0 Å². The highest BCUT2D eigenvalue weighted by Gasteiger charge is 2.54. The number of carbonyl (C=O) groups is 4. The van der Waals surface area contributed by atoms with Gasteiger partial charge < -0.3 is 20.4 Å². The first kappa shape index (κ1) is 27.3. The van der Waals surface area contributed by atoms with Crippen molar-refractivity contribution in [2.45, 2.75) is 90.4 Å². The van der Waals surface area contributed by atoms with Crippen molar-refractivity contribution in [1.29, 1.82) is 0 Å². The summed E-state index contributed by atoms with van der Waals surface area (Å²) in [6, 6.07) is 5.16. The Morgan fingerprint density at radius 3 is 2.32 bits per heavy atom. The fraction of sp³-hybridized carbons (Fsp3) is 0.655. The van der Waals surface area contributed by atoms with Gasteiger partial charge in [0.25, 0.3) is 5.91 Å². The number of hydrogen-bond acceptors (Lipinski definition) is 6. The molecule has 0 radical (unpaired) electrons. The van der Waals surface area contributed by atoms with Crippen LogP contribution >= 0.6 is 0 Å². The molecule has 1 aromatic carbocycles. The zero-order valence-corrected chi connectivity index (χ0v) is 22.7. The molecule has 2 amide bonds. The molecule has 0 spiro atoms. The molecule has 0 aromatic heterocycles. The molecule has 2 aliphatic heterocycles. The normalized spacial score (nSPS) is 24.4. The molecule has 2 saturated heterocycles. The van der Waals surface area contributed by atoms with E-state index in [-0.39, 0.29) is 47.8 Å². The number of nitrogens with one attached hydrogen (secondary N) is 2. The molecular formula is C29H42N4O4. The SMILES string of the molecule is CCN(CC)c1ccc(C(=O)NC(CC(C)C)C(=O)N2C(C(=O)C3CCCC3)CC3NCC(=O)C32)cc1. The third kappa shape index (κ3) is 5.74. The molecule has 1 aromatic rings. The van der Waals surface area contributed by atoms with Crippen LogP contribution in [0.2, 0.25) is 0 Å². The van der Waals surface area contributed by atoms with E-state index in [2.05, 4.69) is 29.4 Å². The lowest BCUT2D eigenvalue weighted by molar-refractivity contribution is -0.145. The number of fused-ring (bicyclic) bond motifs is 1. The number of Topliss-reactive ketones (excluding diaryl/α,β-unsaturated/α-hetero) is 2. The Hall–Kier alpha value is -2.74. The molecule has 8 nitrogen and oxygen atoms in total. The summed E-state index contributed by atoms with van der Waals surface area (Å²) in [5.41, 5.74) is 1.52. The summed E-state index contributed by atoms with van der Waals surface area (Å²) in [5.74, 6) is -0.521. The molecule has 2 N–H and O–H groups in total. The van der Waals surface area contributed by atoms with Crippen LogP contribution in [0.3, 0.4) is 0 Å². The number of ketones is 2. The Balaban J connectivity index is 1.56. The maximum absolute atomic E-state index is 14.1. The van der Waals surface area contributed by atoms with Gasteiger partial charge >= 0.3 is 0 Å². The van der Waals surface area contributed by atoms with Crippen molar-refractivity contribution in [1.82, 2.24) is 15.5 Å². The molecule has 8 heteroatoms. The Morgan fingerprint density at radius 1 is 1.08 bits per heavy atom. The van der Waals surface area contributed by atoms with Gasteiger partial charge in [-0.2, -0.15) is 0 Å². The van der Waals surface area contributed by atoms with Gasteiger partial charge in [-0.05, 0) is 69.7 Å². The summed E-state index contributed by atoms with van der Waals surface area (Å²) in [5, 5.41) is 6.17. The Kier molecular flexibility index (Phi) is 8.67. The lowest BCUT2D eigenvalue weighted by atomic mass is 9.94. The van der Waals surface area contributed by atoms with E-state index in [1.54, 1.807) is 17.0 Å². The Labute approximate surface area is 220 Å². The van der Waals surface area contributed by atoms with Crippen molar-refractivity contribution in [3.05, 3.63) is 29.8 Å². The van der Waals surface area contributed by atoms with Gasteiger partial charge in [0.05, 0.1) is 12.6 Å². The minimum Gasteiger partial charge on any atom is -0.372 e. The van der Waals surface area contributed by atoms with Gasteiger partial charge in [0.2, 0.25) is 5.91 Å². The molecule has 2 heterocycles. The summed E-state index contributed by atoms with van der Waals surface area (Å²) in [6.45, 7) is 10.1. The van der Waals surface area contributed by atoms with E-state index in [1.807, 2.05) is 26.0 Å². The van der Waals surface area contributed by atoms with Crippen molar-refractivity contribution in [2.24, 2.45) is 11.8 Å². The van der Waals surface area contributed by atoms with Crippen molar-refractivity contribution < 1.29 is 19.2 Å². The first-order chi connectivity index (χ1) is 17.7. The average molecular weight is 511 g/mol. The summed E-state index contributed by atoms with van der Waals surface area (Å²) in [4.78, 5) is 57.4. The smallest absolute Gasteiger partial charge is 0.251 e. The number of anilines is 1. The van der Waals surface area contributed by atoms with Crippen LogP contribution in [0.1, 0.15) is 76.6 Å². The van der Waals surface area contributed by atoms with E-state index in [0.717, 1.165) is 44.5 Å². The van der Waals surface area contributed by atoms with Crippen LogP contribution in [0.5, 0.6) is 0 Å². The first-order valence-electron chi connectivity index (χ1n) is 14.0. The zero-order valence-electron chi connectivity index (χ0n) is 22.7. The lowest BCUT2D eigenvalue weighted by Gasteiger charge is -2.33. The summed E-state index contributed by atoms with van der Waals surface area (Å²) in [6.07, 6.45) is 4.66. The molecule has 4 atom stereocenters. The van der Waals surface area contributed by atoms with E-state index in [4.69, 9.17) is 0 Å². The number of rotatable bonds is 10. The predicted octanol–water partition coefficient (Wildman–Crippen LogP) is 2.95. The molecular weight excluding hydrogens is 468 g/mol. The van der Waals surface area contributed by atoms with E-state index in [1.165, 1.54) is 0 Å². The van der Waals surface area contributed by atoms with E-state index in [9.17, 15) is 19.2 Å². The second-order valence-electron chi connectivity index (χ2n) is 11.2. The monoisotopic (exact) mass is 510 g/mol. The predicted molar refractivity (Wildman–Crippen MR) is 144 cm³/mol. The molecule has 1 saturated carbocycles. The largest absolute Gasteiger partial charge is 0.372 e. The number of benzene rings is 1. The number of likely N-dealkylation sites (tertiary alicyclic amines) is 1. The quantitative estimate of drug-likeness (QED) is 0.502. The lowest BCUT2D eigenvalue weighted by Crippen LogP contribution is -2.56. The summed E-state index contributed by atoms with van der Waals surface area (Å²) >= 11 is 0. The highest BCUT2D eigenvalue weighted by atomic mass is 16.2. The van der Waals surface area contributed by atoms with E-state index < -0.39 is 18.1 Å². The molecule has 4 rings (SSSR count). The second kappa shape index (κ2) is 11.8. The van der Waals surface area contributed by atoms with Crippen molar-refractivity contribution in [3.8, 4) is 0 Å². The maximum atomic E-state index is 14.1. The molecule has 37 heavy (non-hydrogen) atoms. The van der Waals surface area contributed by atoms with Gasteiger partial charge in [-0.15, -0.1) is 0 Å². The maximum Gasteiger partial charge on any atom is 0.251 e. The number of nitrogens with zero attached hydrogens (tertiary/aromatic N) is 2. The number of hydrogen-bond donors (Lipinski definition) is 2. The van der Waals surface area contributed by atoms with E-state index in [0.29, 0.717) is 18.4 Å². The molecule has 202 valence electrons. The summed E-state index contributed by atoms with van der Waals surface area (Å²) < 4.78 is 0. The number of carbonyl (C=O) groups excluding carboxylic acids is 4. The fourth-order valence-electron chi connectivity index (χ4n) is 6.33. The van der Waals surface area contributed by atoms with Gasteiger partial charge in [-0.3, -0.25) is 19.2 Å². The molecule has 3 aliphatic rings. The Bertz CT molecular complexity index is 998. The van der Waals surface area contributed by atoms with Gasteiger partial charge in [0.15, 0.2) is 11.6 Å². The average Bonchev–Trinajstić information content (AvgIpc) is 3.62. The Morgan fingerprint density at radius 2 is 1.73 bits per heavy atom. The molecule has 4 unspecified atom stereocenters. The fourth-order valence-corrected chi connectivity index (χ4v) is 6.33. The minimum absolute atomic E-state index is 0.0447. The molecule has 1 aliphatic carbocycles. The molecule has 3 fully saturated rings. The third-order valence-electron chi connectivity index (χ3n) is 8.27. The highest BCUT2D eigenvalue weighted by Crippen LogP contribution is 2.35. The number of amides is 2. The van der Waals surface area contributed by atoms with Crippen LogP contribution in [0.15, 0.2) is 24.3 Å². The van der Waals surface area contributed by atoms with Crippen LogP contribution < -0.4 is 15.5 Å². The standard InChI is InChI=1S/C29H42N4O4/c1-5-32(6-2)21-13-11-20(12-14-21)28(36)31-23(15-18(3)4)29(37)33-24(27(35)19-9-7-8-10-19)16-22-26(33)25(34)17-30-22/h11-14,18-19,22-24,26,30H,5-10,15-17H2,1-4H3,(H,31,36). The van der Waals surface area contributed by atoms with Gasteiger partial charge in [0, 0.05) is 36.3 Å². The van der Waals surface area contributed by atoms with Gasteiger partial charge in [0.1, 0.15) is 12.1 Å². The van der Waals surface area contributed by atoms with Crippen LogP contribution in [0, 0.1) is 11.8 Å². The van der Waals surface area contributed by atoms with Crippen LogP contribution in [-0.2, 0) is 14.4 Å². The second-order valence-corrected chi connectivity index (χ2v) is 11.2. The minimum atomic E-state index is -0.805. The van der Waals surface area contributed by atoms with E-state index >= 15 is 0 Å². The topological polar surface area (TPSA) is 98.8 Å². The summed E-state index contributed by atoms with van der Waals surface area (Å²) in [7, 11) is 0. The third-order valence-corrected chi connectivity index (χ3v) is 8.27. The van der Waals surface area contributed by atoms with Crippen LogP contribution in [-0.4, -0.2) is 72.1 Å². The highest BCUT2D eigenvalue weighted by molar-refractivity contribution is 6.02. The first-order valence-corrected chi connectivity index (χ1v) is 14.0. The van der Waals surface area contributed by atoms with Crippen molar-refractivity contribution >= 4 is 29.1 Å². The molecule has 0 bridgehead atoms. The van der Waals surface area contributed by atoms with Crippen molar-refractivity contribution in [2.75, 3.05) is 24.5 Å².